The van der Waals surface area contributed by atoms with Crippen molar-refractivity contribution in [1.82, 2.24) is 10.0 Å². The van der Waals surface area contributed by atoms with Gasteiger partial charge in [0.05, 0.1) is 10.5 Å². The summed E-state index contributed by atoms with van der Waals surface area (Å²) in [7, 11) is -3.92. The number of sulfonamides is 1. The third kappa shape index (κ3) is 6.64. The minimum Gasteiger partial charge on any atom is -0.315 e. The van der Waals surface area contributed by atoms with E-state index in [0.717, 1.165) is 31.2 Å². The van der Waals surface area contributed by atoms with Gasteiger partial charge in [-0.25, -0.2) is 13.1 Å². The second kappa shape index (κ2) is 8.57. The molecule has 0 saturated carbocycles. The molecule has 1 rings (SSSR count). The molecule has 9 heteroatoms. The summed E-state index contributed by atoms with van der Waals surface area (Å²) in [5, 5.41) is 2.99. The maximum atomic E-state index is 12.5. The zero-order valence-corrected chi connectivity index (χ0v) is 13.0. The number of benzene rings is 1. The third-order valence-electron chi connectivity index (χ3n) is 2.49. The van der Waals surface area contributed by atoms with Crippen LogP contribution >= 0.6 is 12.4 Å². The first-order valence-electron chi connectivity index (χ1n) is 6.15. The molecule has 0 unspecified atom stereocenters. The third-order valence-corrected chi connectivity index (χ3v) is 3.95. The van der Waals surface area contributed by atoms with E-state index in [1.54, 1.807) is 0 Å². The number of hydrogen-bond donors (Lipinski definition) is 2. The number of alkyl halides is 3. The van der Waals surface area contributed by atoms with Crippen molar-refractivity contribution in [3.63, 3.8) is 0 Å². The maximum Gasteiger partial charge on any atom is 0.416 e. The predicted molar refractivity (Wildman–Crippen MR) is 77.0 cm³/mol. The normalized spacial score (nSPS) is 12.0. The molecule has 0 bridgehead atoms. The second-order valence-electron chi connectivity index (χ2n) is 4.17. The zero-order chi connectivity index (χ0) is 15.2. The van der Waals surface area contributed by atoms with Crippen molar-refractivity contribution in [3.8, 4) is 0 Å². The number of nitrogens with one attached hydrogen (secondary N) is 2. The molecule has 0 atom stereocenters. The molecule has 2 N–H and O–H groups in total. The molecule has 0 aromatic heterocycles. The van der Waals surface area contributed by atoms with Crippen molar-refractivity contribution in [1.29, 1.82) is 0 Å². The fraction of sp³-hybridized carbons (Fsp3) is 0.500. The van der Waals surface area contributed by atoms with Crippen LogP contribution in [-0.2, 0) is 16.2 Å². The monoisotopic (exact) mass is 346 g/mol. The van der Waals surface area contributed by atoms with E-state index in [0.29, 0.717) is 12.6 Å². The van der Waals surface area contributed by atoms with Crippen LogP contribution in [0.25, 0.3) is 0 Å². The molecular formula is C12H18ClF3N2O2S. The maximum absolute atomic E-state index is 12.5. The predicted octanol–water partition coefficient (Wildman–Crippen LogP) is 2.41. The average Bonchev–Trinajstić information content (AvgIpc) is 2.37. The van der Waals surface area contributed by atoms with E-state index in [1.807, 2.05) is 6.92 Å². The van der Waals surface area contributed by atoms with E-state index in [2.05, 4.69) is 10.0 Å². The molecule has 0 saturated heterocycles. The molecule has 4 nitrogen and oxygen atoms in total. The van der Waals surface area contributed by atoms with Gasteiger partial charge in [-0.2, -0.15) is 13.2 Å². The van der Waals surface area contributed by atoms with E-state index in [9.17, 15) is 21.6 Å². The molecule has 122 valence electrons. The van der Waals surface area contributed by atoms with Crippen molar-refractivity contribution < 1.29 is 21.6 Å². The lowest BCUT2D eigenvalue weighted by molar-refractivity contribution is -0.137. The number of rotatable bonds is 7. The molecule has 0 amide bonds. The van der Waals surface area contributed by atoms with Crippen molar-refractivity contribution in [3.05, 3.63) is 29.8 Å². The first kappa shape index (κ1) is 20.2. The van der Waals surface area contributed by atoms with Gasteiger partial charge >= 0.3 is 6.18 Å². The Hall–Kier alpha value is -0.830. The Morgan fingerprint density at radius 1 is 1.14 bits per heavy atom. The van der Waals surface area contributed by atoms with Gasteiger partial charge in [0.1, 0.15) is 0 Å². The van der Waals surface area contributed by atoms with Gasteiger partial charge in [-0.05, 0) is 31.2 Å². The van der Waals surface area contributed by atoms with Crippen LogP contribution in [0.1, 0.15) is 18.9 Å². The Morgan fingerprint density at radius 3 is 2.38 bits per heavy atom. The molecule has 0 spiro atoms. The first-order chi connectivity index (χ1) is 9.27. The van der Waals surface area contributed by atoms with E-state index < -0.39 is 21.8 Å². The quantitative estimate of drug-likeness (QED) is 0.745. The lowest BCUT2D eigenvalue weighted by atomic mass is 10.2. The van der Waals surface area contributed by atoms with Gasteiger partial charge < -0.3 is 5.32 Å². The summed E-state index contributed by atoms with van der Waals surface area (Å²) in [5.74, 6) is 0. The Morgan fingerprint density at radius 2 is 1.81 bits per heavy atom. The summed E-state index contributed by atoms with van der Waals surface area (Å²) in [6.07, 6.45) is -3.64. The fourth-order valence-electron chi connectivity index (χ4n) is 1.50. The molecule has 21 heavy (non-hydrogen) atoms. The number of hydrogen-bond acceptors (Lipinski definition) is 3. The van der Waals surface area contributed by atoms with Crippen LogP contribution in [0, 0.1) is 0 Å². The van der Waals surface area contributed by atoms with E-state index >= 15 is 0 Å². The second-order valence-corrected chi connectivity index (χ2v) is 5.94. The topological polar surface area (TPSA) is 58.2 Å². The van der Waals surface area contributed by atoms with E-state index in [1.165, 1.54) is 0 Å². The summed E-state index contributed by atoms with van der Waals surface area (Å²) in [6.45, 7) is 3.27. The van der Waals surface area contributed by atoms with Gasteiger partial charge in [-0.3, -0.25) is 0 Å². The molecule has 1 aromatic carbocycles. The van der Waals surface area contributed by atoms with Crippen LogP contribution in [0.15, 0.2) is 29.2 Å². The standard InChI is InChI=1S/C12H17F3N2O2S.ClH/c1-2-6-16-7-8-17-20(18,19)11-5-3-4-10(9-11)12(13,14)15;/h3-5,9,16-17H,2,6-8H2,1H3;1H. The highest BCUT2D eigenvalue weighted by Gasteiger charge is 2.31. The van der Waals surface area contributed by atoms with Crippen molar-refractivity contribution in [2.75, 3.05) is 19.6 Å². The van der Waals surface area contributed by atoms with Crippen molar-refractivity contribution in [2.24, 2.45) is 0 Å². The molecule has 0 aliphatic rings. The summed E-state index contributed by atoms with van der Waals surface area (Å²) in [5.41, 5.74) is -0.982. The minimum absolute atomic E-state index is 0. The molecule has 0 heterocycles. The smallest absolute Gasteiger partial charge is 0.315 e. The SMILES string of the molecule is CCCNCCNS(=O)(=O)c1cccc(C(F)(F)F)c1.Cl. The van der Waals surface area contributed by atoms with Gasteiger partial charge in [0.2, 0.25) is 10.0 Å². The molecule has 0 radical (unpaired) electrons. The molecule has 0 fully saturated rings. The zero-order valence-electron chi connectivity index (χ0n) is 11.4. The number of halogens is 4. The largest absolute Gasteiger partial charge is 0.416 e. The van der Waals surface area contributed by atoms with Crippen LogP contribution < -0.4 is 10.0 Å². The van der Waals surface area contributed by atoms with Crippen LogP contribution in [0.4, 0.5) is 13.2 Å². The van der Waals surface area contributed by atoms with Crippen LogP contribution in [0.2, 0.25) is 0 Å². The molecule has 1 aromatic rings. The summed E-state index contributed by atoms with van der Waals surface area (Å²) >= 11 is 0. The highest BCUT2D eigenvalue weighted by molar-refractivity contribution is 7.89. The Balaban J connectivity index is 0.00000400. The average molecular weight is 347 g/mol. The van der Waals surface area contributed by atoms with E-state index in [-0.39, 0.29) is 23.8 Å². The summed E-state index contributed by atoms with van der Waals surface area (Å²) < 4.78 is 63.5. The van der Waals surface area contributed by atoms with Crippen molar-refractivity contribution >= 4 is 22.4 Å². The lowest BCUT2D eigenvalue weighted by Gasteiger charge is -2.10. The Bertz CT molecular complexity index is 536. The minimum atomic E-state index is -4.56. The van der Waals surface area contributed by atoms with E-state index in [4.69, 9.17) is 0 Å². The highest BCUT2D eigenvalue weighted by atomic mass is 35.5. The van der Waals surface area contributed by atoms with Gasteiger partial charge in [-0.15, -0.1) is 12.4 Å². The fourth-order valence-corrected chi connectivity index (χ4v) is 2.58. The van der Waals surface area contributed by atoms with Crippen LogP contribution in [0.3, 0.4) is 0 Å². The Kier molecular flexibility index (Phi) is 8.23. The highest BCUT2D eigenvalue weighted by Crippen LogP contribution is 2.30. The van der Waals surface area contributed by atoms with Gasteiger partial charge in [0, 0.05) is 13.1 Å². The van der Waals surface area contributed by atoms with Crippen LogP contribution in [-0.4, -0.2) is 28.1 Å². The van der Waals surface area contributed by atoms with Gasteiger partial charge in [-0.1, -0.05) is 13.0 Å². The molecule has 0 aliphatic heterocycles. The van der Waals surface area contributed by atoms with Gasteiger partial charge in [0.15, 0.2) is 0 Å². The van der Waals surface area contributed by atoms with Crippen molar-refractivity contribution in [2.45, 2.75) is 24.4 Å². The molecular weight excluding hydrogens is 329 g/mol. The molecule has 0 aliphatic carbocycles. The lowest BCUT2D eigenvalue weighted by Crippen LogP contribution is -2.32. The van der Waals surface area contributed by atoms with Gasteiger partial charge in [0.25, 0.3) is 0 Å². The summed E-state index contributed by atoms with van der Waals surface area (Å²) in [4.78, 5) is -0.386. The first-order valence-corrected chi connectivity index (χ1v) is 7.63. The Labute approximate surface area is 128 Å². The summed E-state index contributed by atoms with van der Waals surface area (Å²) in [6, 6.07) is 3.67. The van der Waals surface area contributed by atoms with Crippen LogP contribution in [0.5, 0.6) is 0 Å².